The second-order valence-electron chi connectivity index (χ2n) is 4.06. The van der Waals surface area contributed by atoms with Gasteiger partial charge in [0.1, 0.15) is 18.2 Å². The minimum atomic E-state index is 0.583. The lowest BCUT2D eigenvalue weighted by molar-refractivity contribution is 0.333. The molecule has 0 saturated heterocycles. The van der Waals surface area contributed by atoms with Crippen molar-refractivity contribution in [3.05, 3.63) is 48.2 Å². The van der Waals surface area contributed by atoms with Crippen molar-refractivity contribution in [2.75, 3.05) is 24.2 Å². The average molecular weight is 243 g/mol. The van der Waals surface area contributed by atoms with E-state index >= 15 is 0 Å². The number of aryl methyl sites for hydroxylation is 1. The number of rotatable bonds is 5. The minimum absolute atomic E-state index is 0.583. The highest BCUT2D eigenvalue weighted by atomic mass is 16.5. The highest BCUT2D eigenvalue weighted by Gasteiger charge is 1.95. The van der Waals surface area contributed by atoms with Gasteiger partial charge in [0.05, 0.1) is 6.54 Å². The molecule has 2 aromatic rings. The fourth-order valence-corrected chi connectivity index (χ4v) is 1.54. The lowest BCUT2D eigenvalue weighted by atomic mass is 10.3. The van der Waals surface area contributed by atoms with Crippen molar-refractivity contribution in [3.8, 4) is 5.75 Å². The summed E-state index contributed by atoms with van der Waals surface area (Å²) >= 11 is 0. The molecule has 0 aliphatic carbocycles. The minimum Gasteiger partial charge on any atom is -0.492 e. The van der Waals surface area contributed by atoms with Gasteiger partial charge in [-0.1, -0.05) is 0 Å². The van der Waals surface area contributed by atoms with E-state index in [4.69, 9.17) is 10.5 Å². The maximum Gasteiger partial charge on any atom is 0.126 e. The van der Waals surface area contributed by atoms with Crippen LogP contribution in [0.15, 0.2) is 42.6 Å². The molecule has 0 bridgehead atoms. The first-order valence-electron chi connectivity index (χ1n) is 5.89. The third-order valence-corrected chi connectivity index (χ3v) is 2.47. The number of nitrogens with zero attached hydrogens (tertiary/aromatic N) is 1. The average Bonchev–Trinajstić information content (AvgIpc) is 2.37. The third kappa shape index (κ3) is 3.66. The van der Waals surface area contributed by atoms with Gasteiger partial charge in [-0.25, -0.2) is 4.98 Å². The summed E-state index contributed by atoms with van der Waals surface area (Å²) in [6.45, 7) is 3.33. The van der Waals surface area contributed by atoms with E-state index in [1.165, 1.54) is 5.56 Å². The second kappa shape index (κ2) is 5.91. The fourth-order valence-electron chi connectivity index (χ4n) is 1.54. The summed E-state index contributed by atoms with van der Waals surface area (Å²) < 4.78 is 5.57. The summed E-state index contributed by atoms with van der Waals surface area (Å²) in [4.78, 5) is 4.21. The molecule has 18 heavy (non-hydrogen) atoms. The number of ether oxygens (including phenoxy) is 1. The van der Waals surface area contributed by atoms with Crippen LogP contribution in [0.5, 0.6) is 5.75 Å². The van der Waals surface area contributed by atoms with E-state index in [2.05, 4.69) is 10.3 Å². The molecule has 4 heteroatoms. The van der Waals surface area contributed by atoms with E-state index in [0.717, 1.165) is 17.3 Å². The Balaban J connectivity index is 1.74. The molecule has 0 aliphatic rings. The molecule has 1 heterocycles. The molecule has 0 spiro atoms. The first kappa shape index (κ1) is 12.2. The Kier molecular flexibility index (Phi) is 4.02. The predicted octanol–water partition coefficient (Wildman–Crippen LogP) is 2.46. The van der Waals surface area contributed by atoms with Crippen LogP contribution in [0.4, 0.5) is 11.5 Å². The molecule has 0 fully saturated rings. The van der Waals surface area contributed by atoms with Crippen LogP contribution in [0.3, 0.4) is 0 Å². The molecule has 94 valence electrons. The molecular formula is C14H17N3O. The highest BCUT2D eigenvalue weighted by Crippen LogP contribution is 2.12. The molecule has 0 radical (unpaired) electrons. The topological polar surface area (TPSA) is 60.2 Å². The van der Waals surface area contributed by atoms with Crippen LogP contribution in [0.1, 0.15) is 5.56 Å². The van der Waals surface area contributed by atoms with Gasteiger partial charge < -0.3 is 15.8 Å². The standard InChI is InChI=1S/C14H17N3O/c1-11-6-7-16-14(10-11)17-8-9-18-13-4-2-12(15)3-5-13/h2-7,10H,8-9,15H2,1H3,(H,16,17). The Bertz CT molecular complexity index is 497. The van der Waals surface area contributed by atoms with E-state index in [1.54, 1.807) is 6.20 Å². The van der Waals surface area contributed by atoms with E-state index in [1.807, 2.05) is 43.3 Å². The van der Waals surface area contributed by atoms with Crippen LogP contribution in [0.25, 0.3) is 0 Å². The van der Waals surface area contributed by atoms with Crippen molar-refractivity contribution in [1.29, 1.82) is 0 Å². The summed E-state index contributed by atoms with van der Waals surface area (Å²) in [5.41, 5.74) is 7.52. The summed E-state index contributed by atoms with van der Waals surface area (Å²) in [5, 5.41) is 3.21. The molecule has 0 unspecified atom stereocenters. The molecule has 0 atom stereocenters. The Morgan fingerprint density at radius 2 is 2.00 bits per heavy atom. The number of hydrogen-bond donors (Lipinski definition) is 2. The van der Waals surface area contributed by atoms with Crippen LogP contribution in [-0.2, 0) is 0 Å². The van der Waals surface area contributed by atoms with Crippen molar-refractivity contribution >= 4 is 11.5 Å². The molecule has 1 aromatic carbocycles. The van der Waals surface area contributed by atoms with Crippen molar-refractivity contribution in [3.63, 3.8) is 0 Å². The monoisotopic (exact) mass is 243 g/mol. The Morgan fingerprint density at radius 3 is 2.72 bits per heavy atom. The number of anilines is 2. The fraction of sp³-hybridized carbons (Fsp3) is 0.214. The number of nitrogen functional groups attached to an aromatic ring is 1. The van der Waals surface area contributed by atoms with E-state index in [0.29, 0.717) is 13.2 Å². The van der Waals surface area contributed by atoms with Gasteiger partial charge in [-0.15, -0.1) is 0 Å². The number of nitrogens with two attached hydrogens (primary N) is 1. The predicted molar refractivity (Wildman–Crippen MR) is 73.8 cm³/mol. The highest BCUT2D eigenvalue weighted by molar-refractivity contribution is 5.41. The molecule has 0 aliphatic heterocycles. The van der Waals surface area contributed by atoms with Crippen LogP contribution < -0.4 is 15.8 Å². The molecule has 0 saturated carbocycles. The molecule has 0 amide bonds. The zero-order valence-corrected chi connectivity index (χ0v) is 10.4. The van der Waals surface area contributed by atoms with Crippen LogP contribution in [0, 0.1) is 6.92 Å². The van der Waals surface area contributed by atoms with Gasteiger partial charge in [0.25, 0.3) is 0 Å². The van der Waals surface area contributed by atoms with E-state index < -0.39 is 0 Å². The van der Waals surface area contributed by atoms with Gasteiger partial charge in [-0.05, 0) is 48.9 Å². The summed E-state index contributed by atoms with van der Waals surface area (Å²) in [6, 6.07) is 11.3. The van der Waals surface area contributed by atoms with Gasteiger partial charge in [-0.3, -0.25) is 0 Å². The number of nitrogens with one attached hydrogen (secondary N) is 1. The van der Waals surface area contributed by atoms with Gasteiger partial charge in [-0.2, -0.15) is 0 Å². The maximum absolute atomic E-state index is 5.60. The van der Waals surface area contributed by atoms with Gasteiger partial charge >= 0.3 is 0 Å². The number of aromatic nitrogens is 1. The summed E-state index contributed by atoms with van der Waals surface area (Å²) in [7, 11) is 0. The largest absolute Gasteiger partial charge is 0.492 e. The van der Waals surface area contributed by atoms with Crippen molar-refractivity contribution in [2.45, 2.75) is 6.92 Å². The lowest BCUT2D eigenvalue weighted by Gasteiger charge is -2.08. The van der Waals surface area contributed by atoms with Crippen molar-refractivity contribution in [1.82, 2.24) is 4.98 Å². The number of hydrogen-bond acceptors (Lipinski definition) is 4. The second-order valence-corrected chi connectivity index (χ2v) is 4.06. The Morgan fingerprint density at radius 1 is 1.22 bits per heavy atom. The number of benzene rings is 1. The molecule has 1 aromatic heterocycles. The zero-order chi connectivity index (χ0) is 12.8. The lowest BCUT2D eigenvalue weighted by Crippen LogP contribution is -2.12. The Labute approximate surface area is 107 Å². The summed E-state index contributed by atoms with van der Waals surface area (Å²) in [5.74, 6) is 1.69. The van der Waals surface area contributed by atoms with E-state index in [-0.39, 0.29) is 0 Å². The van der Waals surface area contributed by atoms with Gasteiger partial charge in [0.2, 0.25) is 0 Å². The molecule has 3 N–H and O–H groups in total. The Hall–Kier alpha value is -2.23. The smallest absolute Gasteiger partial charge is 0.126 e. The normalized spacial score (nSPS) is 10.1. The zero-order valence-electron chi connectivity index (χ0n) is 10.4. The molecule has 4 nitrogen and oxygen atoms in total. The third-order valence-electron chi connectivity index (χ3n) is 2.47. The van der Waals surface area contributed by atoms with Crippen LogP contribution in [-0.4, -0.2) is 18.1 Å². The molecular weight excluding hydrogens is 226 g/mol. The van der Waals surface area contributed by atoms with Crippen molar-refractivity contribution in [2.24, 2.45) is 0 Å². The quantitative estimate of drug-likeness (QED) is 0.625. The van der Waals surface area contributed by atoms with E-state index in [9.17, 15) is 0 Å². The SMILES string of the molecule is Cc1ccnc(NCCOc2ccc(N)cc2)c1. The summed E-state index contributed by atoms with van der Waals surface area (Å²) in [6.07, 6.45) is 1.79. The maximum atomic E-state index is 5.60. The van der Waals surface area contributed by atoms with Crippen LogP contribution in [0.2, 0.25) is 0 Å². The molecule has 2 rings (SSSR count). The van der Waals surface area contributed by atoms with Gasteiger partial charge in [0.15, 0.2) is 0 Å². The first-order chi connectivity index (χ1) is 8.74. The van der Waals surface area contributed by atoms with Gasteiger partial charge in [0, 0.05) is 11.9 Å². The first-order valence-corrected chi connectivity index (χ1v) is 5.89. The number of pyridine rings is 1. The van der Waals surface area contributed by atoms with Crippen LogP contribution >= 0.6 is 0 Å². The van der Waals surface area contributed by atoms with Crippen molar-refractivity contribution < 1.29 is 4.74 Å².